The minimum absolute atomic E-state index is 0.00437. The van der Waals surface area contributed by atoms with E-state index in [9.17, 15) is 27.9 Å². The summed E-state index contributed by atoms with van der Waals surface area (Å²) in [6.07, 6.45) is -3.41. The van der Waals surface area contributed by atoms with Gasteiger partial charge in [-0.15, -0.1) is 0 Å². The van der Waals surface area contributed by atoms with Crippen molar-refractivity contribution >= 4 is 23.3 Å². The van der Waals surface area contributed by atoms with E-state index < -0.39 is 30.1 Å². The third-order valence-corrected chi connectivity index (χ3v) is 4.25. The summed E-state index contributed by atoms with van der Waals surface area (Å²) >= 11 is 5.89. The number of halogens is 4. The molecular weight excluding hydrogens is 439 g/mol. The Morgan fingerprint density at radius 2 is 1.90 bits per heavy atom. The van der Waals surface area contributed by atoms with Gasteiger partial charge < -0.3 is 15.2 Å². The predicted molar refractivity (Wildman–Crippen MR) is 106 cm³/mol. The highest BCUT2D eigenvalue weighted by Crippen LogP contribution is 2.25. The SMILES string of the molecule is Cc1cc(C(=O)NCc2cnc(OCC(F)(F)F)c(Cl)c2)cc(CC(=O)C(C)(C)O)n1. The molecule has 0 spiro atoms. The minimum Gasteiger partial charge on any atom is -0.467 e. The van der Waals surface area contributed by atoms with Gasteiger partial charge >= 0.3 is 6.18 Å². The third kappa shape index (κ3) is 7.80. The molecule has 0 radical (unpaired) electrons. The van der Waals surface area contributed by atoms with Crippen LogP contribution in [-0.4, -0.2) is 45.1 Å². The van der Waals surface area contributed by atoms with Gasteiger partial charge in [0.15, 0.2) is 12.4 Å². The molecule has 7 nitrogen and oxygen atoms in total. The Morgan fingerprint density at radius 1 is 1.23 bits per heavy atom. The van der Waals surface area contributed by atoms with Gasteiger partial charge in [-0.3, -0.25) is 14.6 Å². The second kappa shape index (κ2) is 9.61. The number of hydrogen-bond acceptors (Lipinski definition) is 6. The van der Waals surface area contributed by atoms with Gasteiger partial charge in [0.05, 0.1) is 6.42 Å². The maximum absolute atomic E-state index is 12.5. The van der Waals surface area contributed by atoms with E-state index in [1.807, 2.05) is 0 Å². The smallest absolute Gasteiger partial charge is 0.422 e. The number of ketones is 1. The van der Waals surface area contributed by atoms with Crippen molar-refractivity contribution in [3.05, 3.63) is 51.9 Å². The fraction of sp³-hybridized carbons (Fsp3) is 0.400. The number of nitrogens with zero attached hydrogens (tertiary/aromatic N) is 2. The van der Waals surface area contributed by atoms with Crippen LogP contribution in [0.25, 0.3) is 0 Å². The molecule has 2 aromatic heterocycles. The first-order valence-corrected chi connectivity index (χ1v) is 9.48. The average Bonchev–Trinajstić information content (AvgIpc) is 2.63. The zero-order valence-electron chi connectivity index (χ0n) is 17.0. The Hall–Kier alpha value is -2.72. The van der Waals surface area contributed by atoms with E-state index in [1.165, 1.54) is 38.2 Å². The first-order chi connectivity index (χ1) is 14.2. The van der Waals surface area contributed by atoms with Crippen molar-refractivity contribution in [2.45, 2.75) is 45.5 Å². The lowest BCUT2D eigenvalue weighted by atomic mass is 9.98. The molecule has 11 heteroatoms. The number of aliphatic hydroxyl groups is 1. The van der Waals surface area contributed by atoms with E-state index in [1.54, 1.807) is 6.92 Å². The molecule has 168 valence electrons. The first-order valence-electron chi connectivity index (χ1n) is 9.10. The van der Waals surface area contributed by atoms with Gasteiger partial charge in [-0.1, -0.05) is 11.6 Å². The van der Waals surface area contributed by atoms with E-state index >= 15 is 0 Å². The molecule has 0 saturated heterocycles. The van der Waals surface area contributed by atoms with Crippen LogP contribution in [-0.2, 0) is 17.8 Å². The fourth-order valence-electron chi connectivity index (χ4n) is 2.44. The molecule has 0 saturated carbocycles. The number of rotatable bonds is 8. The molecule has 1 amide bonds. The number of aromatic nitrogens is 2. The Morgan fingerprint density at radius 3 is 2.48 bits per heavy atom. The monoisotopic (exact) mass is 459 g/mol. The average molecular weight is 460 g/mol. The lowest BCUT2D eigenvalue weighted by molar-refractivity contribution is -0.154. The summed E-state index contributed by atoms with van der Waals surface area (Å²) in [7, 11) is 0. The van der Waals surface area contributed by atoms with Gasteiger partial charge in [-0.2, -0.15) is 13.2 Å². The van der Waals surface area contributed by atoms with Crippen molar-refractivity contribution < 1.29 is 32.6 Å². The van der Waals surface area contributed by atoms with E-state index in [0.29, 0.717) is 17.0 Å². The lowest BCUT2D eigenvalue weighted by Gasteiger charge is -2.15. The third-order valence-electron chi connectivity index (χ3n) is 3.98. The van der Waals surface area contributed by atoms with Crippen molar-refractivity contribution in [2.24, 2.45) is 0 Å². The summed E-state index contributed by atoms with van der Waals surface area (Å²) in [4.78, 5) is 32.5. The van der Waals surface area contributed by atoms with Crippen molar-refractivity contribution in [3.63, 3.8) is 0 Å². The topological polar surface area (TPSA) is 101 Å². The zero-order chi connectivity index (χ0) is 23.4. The Labute approximate surface area is 181 Å². The molecule has 0 aliphatic carbocycles. The zero-order valence-corrected chi connectivity index (χ0v) is 17.8. The van der Waals surface area contributed by atoms with Gasteiger partial charge in [0.25, 0.3) is 5.91 Å². The number of hydrogen-bond donors (Lipinski definition) is 2. The molecule has 0 fully saturated rings. The van der Waals surface area contributed by atoms with Crippen LogP contribution in [0.4, 0.5) is 13.2 Å². The highest BCUT2D eigenvalue weighted by molar-refractivity contribution is 6.31. The molecule has 2 N–H and O–H groups in total. The van der Waals surface area contributed by atoms with Gasteiger partial charge in [-0.25, -0.2) is 4.98 Å². The molecule has 2 aromatic rings. The molecule has 2 rings (SSSR count). The number of pyridine rings is 2. The van der Waals surface area contributed by atoms with Gasteiger partial charge in [0.1, 0.15) is 10.6 Å². The molecule has 0 bridgehead atoms. The number of Topliss-reactive ketones (excluding diaryl/α,β-unsaturated/α-hetero) is 1. The second-order valence-corrected chi connectivity index (χ2v) is 7.77. The Balaban J connectivity index is 2.04. The van der Waals surface area contributed by atoms with Gasteiger partial charge in [-0.05, 0) is 44.5 Å². The van der Waals surface area contributed by atoms with E-state index in [0.717, 1.165) is 0 Å². The molecular formula is C20H21ClF3N3O4. The Kier molecular flexibility index (Phi) is 7.61. The number of carbonyl (C=O) groups is 2. The van der Waals surface area contributed by atoms with Crippen LogP contribution in [0.2, 0.25) is 5.02 Å². The van der Waals surface area contributed by atoms with E-state index in [4.69, 9.17) is 11.6 Å². The number of amides is 1. The normalized spacial score (nSPS) is 11.9. The molecule has 0 aromatic carbocycles. The Bertz CT molecular complexity index is 975. The highest BCUT2D eigenvalue weighted by atomic mass is 35.5. The number of alkyl halides is 3. The summed E-state index contributed by atoms with van der Waals surface area (Å²) in [6.45, 7) is 2.90. The number of aryl methyl sites for hydroxylation is 1. The minimum atomic E-state index is -4.52. The highest BCUT2D eigenvalue weighted by Gasteiger charge is 2.29. The van der Waals surface area contributed by atoms with Crippen molar-refractivity contribution in [2.75, 3.05) is 6.61 Å². The van der Waals surface area contributed by atoms with Crippen LogP contribution in [0.5, 0.6) is 5.88 Å². The fourth-order valence-corrected chi connectivity index (χ4v) is 2.69. The molecule has 0 aliphatic heterocycles. The number of ether oxygens (including phenoxy) is 1. The summed E-state index contributed by atoms with van der Waals surface area (Å²) in [5.41, 5.74) is 0.0437. The summed E-state index contributed by atoms with van der Waals surface area (Å²) in [5, 5.41) is 12.3. The van der Waals surface area contributed by atoms with Gasteiger partial charge in [0, 0.05) is 29.7 Å². The lowest BCUT2D eigenvalue weighted by Crippen LogP contribution is -2.33. The maximum Gasteiger partial charge on any atom is 0.422 e. The number of carbonyl (C=O) groups excluding carboxylic acids is 2. The quantitative estimate of drug-likeness (QED) is 0.628. The van der Waals surface area contributed by atoms with Gasteiger partial charge in [0.2, 0.25) is 5.88 Å². The van der Waals surface area contributed by atoms with Crippen LogP contribution >= 0.6 is 11.6 Å². The van der Waals surface area contributed by atoms with Crippen LogP contribution in [0.3, 0.4) is 0 Å². The maximum atomic E-state index is 12.5. The number of nitrogens with one attached hydrogen (secondary N) is 1. The molecule has 2 heterocycles. The van der Waals surface area contributed by atoms with Crippen molar-refractivity contribution in [3.8, 4) is 5.88 Å². The molecule has 0 aliphatic rings. The standard InChI is InChI=1S/C20H21ClF3N3O4/c1-11-4-13(6-14(27-11)7-16(28)19(2,3)30)17(29)25-8-12-5-15(21)18(26-9-12)31-10-20(22,23)24/h4-6,9,30H,7-8,10H2,1-3H3,(H,25,29). The van der Waals surface area contributed by atoms with Crippen molar-refractivity contribution in [1.82, 2.24) is 15.3 Å². The predicted octanol–water partition coefficient (Wildman–Crippen LogP) is 3.19. The largest absolute Gasteiger partial charge is 0.467 e. The first kappa shape index (κ1) is 24.5. The van der Waals surface area contributed by atoms with Crippen LogP contribution in [0.15, 0.2) is 24.4 Å². The van der Waals surface area contributed by atoms with Crippen LogP contribution in [0, 0.1) is 6.92 Å². The van der Waals surface area contributed by atoms with Crippen molar-refractivity contribution in [1.29, 1.82) is 0 Å². The molecule has 0 atom stereocenters. The van der Waals surface area contributed by atoms with E-state index in [-0.39, 0.29) is 29.4 Å². The summed E-state index contributed by atoms with van der Waals surface area (Å²) in [6, 6.07) is 4.32. The van der Waals surface area contributed by atoms with Crippen LogP contribution in [0.1, 0.15) is 41.2 Å². The molecule has 31 heavy (non-hydrogen) atoms. The van der Waals surface area contributed by atoms with E-state index in [2.05, 4.69) is 20.0 Å². The summed E-state index contributed by atoms with van der Waals surface area (Å²) in [5.74, 6) is -1.26. The second-order valence-electron chi connectivity index (χ2n) is 7.36. The molecule has 0 unspecified atom stereocenters. The summed E-state index contributed by atoms with van der Waals surface area (Å²) < 4.78 is 41.2. The van der Waals surface area contributed by atoms with Crippen LogP contribution < -0.4 is 10.1 Å².